The van der Waals surface area contributed by atoms with Crippen LogP contribution in [-0.4, -0.2) is 33.4 Å². The van der Waals surface area contributed by atoms with Crippen molar-refractivity contribution in [2.75, 3.05) is 0 Å². The number of azo groups is 1. The number of fused-ring (bicyclic) bond motifs is 2. The predicted octanol–water partition coefficient (Wildman–Crippen LogP) is 6.31. The van der Waals surface area contributed by atoms with E-state index in [-0.39, 0.29) is 36.7 Å². The molecule has 2 aliphatic heterocycles. The van der Waals surface area contributed by atoms with Crippen LogP contribution in [0.3, 0.4) is 0 Å². The summed E-state index contributed by atoms with van der Waals surface area (Å²) in [5.41, 5.74) is 6.15. The highest BCUT2D eigenvalue weighted by atomic mass is 16.2. The van der Waals surface area contributed by atoms with Crippen molar-refractivity contribution in [3.8, 4) is 0 Å². The van der Waals surface area contributed by atoms with Crippen LogP contribution in [0.1, 0.15) is 63.7 Å². The number of carbonyl (C=O) groups is 4. The maximum absolute atomic E-state index is 12.8. The first kappa shape index (κ1) is 25.1. The number of hydrogen-bond acceptors (Lipinski definition) is 6. The van der Waals surface area contributed by atoms with Crippen LogP contribution in [0.25, 0.3) is 0 Å². The van der Waals surface area contributed by atoms with Crippen LogP contribution in [0, 0.1) is 13.8 Å². The third-order valence-corrected chi connectivity index (χ3v) is 7.25. The van der Waals surface area contributed by atoms with Gasteiger partial charge in [-0.3, -0.25) is 29.0 Å². The number of nitrogens with zero attached hydrogens (tertiary/aromatic N) is 4. The Balaban J connectivity index is 1.21. The molecule has 0 aliphatic carbocycles. The molecule has 40 heavy (non-hydrogen) atoms. The van der Waals surface area contributed by atoms with Crippen LogP contribution in [0.2, 0.25) is 0 Å². The first-order chi connectivity index (χ1) is 19.3. The molecule has 0 spiro atoms. The van der Waals surface area contributed by atoms with Crippen molar-refractivity contribution in [2.45, 2.75) is 26.9 Å². The van der Waals surface area contributed by atoms with Gasteiger partial charge < -0.3 is 0 Å². The monoisotopic (exact) mass is 528 g/mol. The Morgan fingerprint density at radius 3 is 1.15 bits per heavy atom. The molecule has 4 aromatic carbocycles. The van der Waals surface area contributed by atoms with Gasteiger partial charge in [-0.1, -0.05) is 48.5 Å². The van der Waals surface area contributed by atoms with Crippen LogP contribution in [-0.2, 0) is 13.1 Å². The minimum atomic E-state index is -0.310. The molecule has 0 fully saturated rings. The summed E-state index contributed by atoms with van der Waals surface area (Å²) in [7, 11) is 0. The fraction of sp³-hybridized carbons (Fsp3) is 0.125. The average Bonchev–Trinajstić information content (AvgIpc) is 3.35. The Bertz CT molecular complexity index is 1580. The number of imide groups is 2. The van der Waals surface area contributed by atoms with E-state index in [1.54, 1.807) is 48.5 Å². The van der Waals surface area contributed by atoms with Gasteiger partial charge in [0.25, 0.3) is 23.6 Å². The van der Waals surface area contributed by atoms with E-state index in [9.17, 15) is 19.2 Å². The third-order valence-electron chi connectivity index (χ3n) is 7.25. The smallest absolute Gasteiger partial charge is 0.261 e. The lowest BCUT2D eigenvalue weighted by atomic mass is 10.1. The van der Waals surface area contributed by atoms with Crippen molar-refractivity contribution >= 4 is 35.0 Å². The van der Waals surface area contributed by atoms with Crippen LogP contribution in [0.15, 0.2) is 95.2 Å². The van der Waals surface area contributed by atoms with Crippen molar-refractivity contribution in [3.05, 3.63) is 129 Å². The van der Waals surface area contributed by atoms with Crippen molar-refractivity contribution < 1.29 is 19.2 Å². The standard InChI is InChI=1S/C32H24N4O4/c1-19-11-13-21(17-35-29(37)23-7-3-4-8-24(23)30(35)38)15-27(19)33-34-28-16-22(14-12-20(28)2)18-36-31(39)25-9-5-6-10-26(25)32(36)40/h3-16H,17-18H2,1-2H3/b34-33-. The molecule has 8 heteroatoms. The van der Waals surface area contributed by atoms with Crippen molar-refractivity contribution in [2.24, 2.45) is 10.2 Å². The first-order valence-electron chi connectivity index (χ1n) is 12.8. The van der Waals surface area contributed by atoms with E-state index in [0.717, 1.165) is 22.3 Å². The Kier molecular flexibility index (Phi) is 6.15. The molecular formula is C32H24N4O4. The van der Waals surface area contributed by atoms with E-state index >= 15 is 0 Å². The largest absolute Gasteiger partial charge is 0.270 e. The van der Waals surface area contributed by atoms with Gasteiger partial charge in [-0.05, 0) is 72.5 Å². The molecule has 0 saturated heterocycles. The van der Waals surface area contributed by atoms with Crippen molar-refractivity contribution in [3.63, 3.8) is 0 Å². The highest BCUT2D eigenvalue weighted by molar-refractivity contribution is 6.22. The van der Waals surface area contributed by atoms with Gasteiger partial charge in [0, 0.05) is 0 Å². The fourth-order valence-corrected chi connectivity index (χ4v) is 4.96. The number of carbonyl (C=O) groups excluding carboxylic acids is 4. The number of aryl methyl sites for hydroxylation is 2. The van der Waals surface area contributed by atoms with Crippen molar-refractivity contribution in [1.29, 1.82) is 0 Å². The molecule has 0 N–H and O–H groups in total. The highest BCUT2D eigenvalue weighted by Gasteiger charge is 2.36. The topological polar surface area (TPSA) is 99.5 Å². The third kappa shape index (κ3) is 4.29. The van der Waals surface area contributed by atoms with Gasteiger partial charge in [-0.15, -0.1) is 0 Å². The minimum Gasteiger partial charge on any atom is -0.270 e. The van der Waals surface area contributed by atoms with E-state index in [0.29, 0.717) is 33.6 Å². The zero-order chi connectivity index (χ0) is 28.0. The summed E-state index contributed by atoms with van der Waals surface area (Å²) in [5, 5.41) is 8.95. The second-order valence-electron chi connectivity index (χ2n) is 9.93. The molecule has 196 valence electrons. The van der Waals surface area contributed by atoms with E-state index in [4.69, 9.17) is 0 Å². The summed E-state index contributed by atoms with van der Waals surface area (Å²) in [6.45, 7) is 4.07. The Labute approximate surface area is 230 Å². The quantitative estimate of drug-likeness (QED) is 0.216. The molecule has 0 unspecified atom stereocenters. The van der Waals surface area contributed by atoms with Crippen LogP contribution in [0.5, 0.6) is 0 Å². The summed E-state index contributed by atoms with van der Waals surface area (Å²) in [5.74, 6) is -1.24. The van der Waals surface area contributed by atoms with E-state index in [2.05, 4.69) is 10.2 Å². The Morgan fingerprint density at radius 1 is 0.500 bits per heavy atom. The molecule has 0 saturated carbocycles. The molecule has 6 rings (SSSR count). The van der Waals surface area contributed by atoms with Gasteiger partial charge in [-0.25, -0.2) is 0 Å². The summed E-state index contributed by atoms with van der Waals surface area (Å²) < 4.78 is 0. The molecule has 2 heterocycles. The van der Waals surface area contributed by atoms with Crippen LogP contribution < -0.4 is 0 Å². The number of benzene rings is 4. The molecular weight excluding hydrogens is 504 g/mol. The second kappa shape index (κ2) is 9.81. The van der Waals surface area contributed by atoms with Gasteiger partial charge in [0.1, 0.15) is 0 Å². The molecule has 8 nitrogen and oxygen atoms in total. The van der Waals surface area contributed by atoms with Gasteiger partial charge >= 0.3 is 0 Å². The van der Waals surface area contributed by atoms with Gasteiger partial charge in [0.2, 0.25) is 0 Å². The predicted molar refractivity (Wildman–Crippen MR) is 148 cm³/mol. The van der Waals surface area contributed by atoms with E-state index < -0.39 is 0 Å². The van der Waals surface area contributed by atoms with Crippen LogP contribution in [0.4, 0.5) is 11.4 Å². The highest BCUT2D eigenvalue weighted by Crippen LogP contribution is 2.30. The molecule has 2 aliphatic rings. The normalized spacial score (nSPS) is 14.4. The zero-order valence-electron chi connectivity index (χ0n) is 21.9. The second-order valence-corrected chi connectivity index (χ2v) is 9.93. The average molecular weight is 529 g/mol. The van der Waals surface area contributed by atoms with Gasteiger partial charge in [0.05, 0.1) is 46.7 Å². The molecule has 4 aromatic rings. The van der Waals surface area contributed by atoms with Gasteiger partial charge in [0.15, 0.2) is 0 Å². The minimum absolute atomic E-state index is 0.129. The Morgan fingerprint density at radius 2 is 0.825 bits per heavy atom. The SMILES string of the molecule is Cc1ccc(CN2C(=O)c3ccccc3C2=O)cc1/N=N\c1cc(CN2C(=O)c3ccccc3C2=O)ccc1C. The first-order valence-corrected chi connectivity index (χ1v) is 12.8. The maximum atomic E-state index is 12.8. The molecule has 0 bridgehead atoms. The summed E-state index contributed by atoms with van der Waals surface area (Å²) in [4.78, 5) is 53.6. The molecule has 0 radical (unpaired) electrons. The maximum Gasteiger partial charge on any atom is 0.261 e. The summed E-state index contributed by atoms with van der Waals surface area (Å²) in [6.07, 6.45) is 0. The summed E-state index contributed by atoms with van der Waals surface area (Å²) in [6, 6.07) is 24.8. The Hall–Kier alpha value is -5.24. The van der Waals surface area contributed by atoms with Crippen LogP contribution >= 0.6 is 0 Å². The number of amides is 4. The molecule has 0 atom stereocenters. The van der Waals surface area contributed by atoms with E-state index in [1.807, 2.05) is 50.2 Å². The summed E-state index contributed by atoms with van der Waals surface area (Å²) >= 11 is 0. The van der Waals surface area contributed by atoms with E-state index in [1.165, 1.54) is 9.80 Å². The number of rotatable bonds is 6. The lowest BCUT2D eigenvalue weighted by molar-refractivity contribution is 0.0627. The number of hydrogen-bond donors (Lipinski definition) is 0. The van der Waals surface area contributed by atoms with Gasteiger partial charge in [-0.2, -0.15) is 10.2 Å². The lowest BCUT2D eigenvalue weighted by Gasteiger charge is -2.15. The lowest BCUT2D eigenvalue weighted by Crippen LogP contribution is -2.29. The van der Waals surface area contributed by atoms with Crippen molar-refractivity contribution in [1.82, 2.24) is 9.80 Å². The zero-order valence-corrected chi connectivity index (χ0v) is 21.9. The molecule has 0 aromatic heterocycles. The molecule has 4 amide bonds. The fourth-order valence-electron chi connectivity index (χ4n) is 4.96.